The molecule has 192 valence electrons. The van der Waals surface area contributed by atoms with Crippen LogP contribution in [0.2, 0.25) is 0 Å². The summed E-state index contributed by atoms with van der Waals surface area (Å²) in [7, 11) is 0. The number of anilines is 1. The molecule has 2 unspecified atom stereocenters. The topological polar surface area (TPSA) is 131 Å². The van der Waals surface area contributed by atoms with E-state index in [1.54, 1.807) is 35.2 Å². The molecule has 4 aromatic rings. The van der Waals surface area contributed by atoms with E-state index in [1.165, 1.54) is 36.1 Å². The van der Waals surface area contributed by atoms with Gasteiger partial charge < -0.3 is 25.0 Å². The highest BCUT2D eigenvalue weighted by Crippen LogP contribution is 2.33. The van der Waals surface area contributed by atoms with Crippen LogP contribution in [0.4, 0.5) is 10.1 Å². The van der Waals surface area contributed by atoms with Gasteiger partial charge in [0, 0.05) is 11.9 Å². The van der Waals surface area contributed by atoms with Crippen molar-refractivity contribution >= 4 is 28.3 Å². The number of halogens is 1. The molecule has 0 radical (unpaired) electrons. The predicted molar refractivity (Wildman–Crippen MR) is 137 cm³/mol. The van der Waals surface area contributed by atoms with Crippen molar-refractivity contribution in [1.82, 2.24) is 14.9 Å². The summed E-state index contributed by atoms with van der Waals surface area (Å²) in [6.45, 7) is 1.61. The minimum absolute atomic E-state index is 0.0946. The highest BCUT2D eigenvalue weighted by molar-refractivity contribution is 6.08. The highest BCUT2D eigenvalue weighted by Gasteiger charge is 2.35. The fourth-order valence-corrected chi connectivity index (χ4v) is 4.84. The predicted octanol–water partition coefficient (Wildman–Crippen LogP) is 2.93. The first-order valence-corrected chi connectivity index (χ1v) is 11.9. The van der Waals surface area contributed by atoms with E-state index in [0.717, 1.165) is 16.8 Å². The van der Waals surface area contributed by atoms with Gasteiger partial charge in [-0.2, -0.15) is 5.26 Å². The number of aromatic nitrogens is 2. The maximum atomic E-state index is 14.2. The van der Waals surface area contributed by atoms with E-state index in [-0.39, 0.29) is 35.0 Å². The van der Waals surface area contributed by atoms with Gasteiger partial charge in [0.15, 0.2) is 0 Å². The Labute approximate surface area is 217 Å². The lowest BCUT2D eigenvalue weighted by Crippen LogP contribution is -2.43. The molecule has 10 heteroatoms. The molecule has 1 aliphatic heterocycles. The monoisotopic (exact) mass is 513 g/mol. The van der Waals surface area contributed by atoms with Crippen molar-refractivity contribution in [2.45, 2.75) is 31.5 Å². The first kappa shape index (κ1) is 24.9. The molecule has 0 spiro atoms. The number of rotatable bonds is 6. The van der Waals surface area contributed by atoms with E-state index in [9.17, 15) is 24.2 Å². The number of aromatic hydroxyl groups is 1. The molecule has 2 heterocycles. The van der Waals surface area contributed by atoms with E-state index in [4.69, 9.17) is 5.26 Å². The van der Waals surface area contributed by atoms with Crippen LogP contribution in [-0.4, -0.2) is 44.2 Å². The molecule has 38 heavy (non-hydrogen) atoms. The number of hydrogen-bond acceptors (Lipinski definition) is 6. The van der Waals surface area contributed by atoms with E-state index in [2.05, 4.69) is 10.3 Å². The molecule has 0 bridgehead atoms. The number of nitrogens with one attached hydrogen (secondary N) is 1. The lowest BCUT2D eigenvalue weighted by Gasteiger charge is -2.25. The van der Waals surface area contributed by atoms with Crippen LogP contribution >= 0.6 is 0 Å². The van der Waals surface area contributed by atoms with Crippen molar-refractivity contribution < 1.29 is 24.2 Å². The lowest BCUT2D eigenvalue weighted by molar-refractivity contribution is -0.126. The zero-order valence-corrected chi connectivity index (χ0v) is 20.4. The Balaban J connectivity index is 1.31. The van der Waals surface area contributed by atoms with Gasteiger partial charge in [-0.3, -0.25) is 9.59 Å². The van der Waals surface area contributed by atoms with Gasteiger partial charge >= 0.3 is 0 Å². The van der Waals surface area contributed by atoms with Crippen molar-refractivity contribution in [3.05, 3.63) is 89.8 Å². The second kappa shape index (κ2) is 9.61. The normalized spacial score (nSPS) is 16.8. The van der Waals surface area contributed by atoms with E-state index >= 15 is 0 Å². The number of carbonyl (C=O) groups is 2. The Bertz CT molecular complexity index is 1610. The van der Waals surface area contributed by atoms with Gasteiger partial charge in [0.25, 0.3) is 0 Å². The van der Waals surface area contributed by atoms with Crippen LogP contribution in [0.15, 0.2) is 67.1 Å². The van der Waals surface area contributed by atoms with Crippen LogP contribution < -0.4 is 10.2 Å². The molecule has 2 amide bonds. The number of amides is 2. The fourth-order valence-electron chi connectivity index (χ4n) is 4.84. The summed E-state index contributed by atoms with van der Waals surface area (Å²) in [6, 6.07) is 15.3. The number of carbonyl (C=O) groups excluding carboxylic acids is 2. The molecule has 2 atom stereocenters. The van der Waals surface area contributed by atoms with Crippen LogP contribution in [-0.2, 0) is 21.7 Å². The maximum Gasteiger partial charge on any atom is 0.249 e. The molecule has 0 saturated carbocycles. The van der Waals surface area contributed by atoms with E-state index in [0.29, 0.717) is 18.7 Å². The molecular formula is C28H24FN5O4. The molecule has 1 aromatic heterocycles. The number of benzene rings is 3. The Kier molecular flexibility index (Phi) is 6.30. The molecule has 1 saturated heterocycles. The third-order valence-corrected chi connectivity index (χ3v) is 6.85. The Hall–Kier alpha value is -4.75. The summed E-state index contributed by atoms with van der Waals surface area (Å²) in [5.74, 6) is -1.39. The van der Waals surface area contributed by atoms with Gasteiger partial charge in [0.1, 0.15) is 35.8 Å². The third kappa shape index (κ3) is 4.44. The molecule has 9 nitrogen and oxygen atoms in total. The van der Waals surface area contributed by atoms with Gasteiger partial charge in [0.2, 0.25) is 11.8 Å². The van der Waals surface area contributed by atoms with Gasteiger partial charge in [-0.1, -0.05) is 24.3 Å². The van der Waals surface area contributed by atoms with Gasteiger partial charge in [-0.05, 0) is 54.6 Å². The SMILES string of the molecule is CC(O)(c1ccc(C#N)c(F)c1)c1cncn1CC(=O)NC1CCN(c2cccc3ccc(O)cc23)C1=O. The number of phenols is 1. The molecule has 0 aliphatic carbocycles. The Morgan fingerprint density at radius 2 is 2.08 bits per heavy atom. The first-order chi connectivity index (χ1) is 18.2. The van der Waals surface area contributed by atoms with Crippen LogP contribution in [0.3, 0.4) is 0 Å². The van der Waals surface area contributed by atoms with Gasteiger partial charge in [-0.25, -0.2) is 9.37 Å². The average Bonchev–Trinajstić information content (AvgIpc) is 3.50. The third-order valence-electron chi connectivity index (χ3n) is 6.85. The number of aliphatic hydroxyl groups is 1. The van der Waals surface area contributed by atoms with Crippen LogP contribution in [0, 0.1) is 17.1 Å². The largest absolute Gasteiger partial charge is 0.508 e. The molecule has 5 rings (SSSR count). The smallest absolute Gasteiger partial charge is 0.249 e. The first-order valence-electron chi connectivity index (χ1n) is 11.9. The van der Waals surface area contributed by atoms with Crippen molar-refractivity contribution in [3.63, 3.8) is 0 Å². The van der Waals surface area contributed by atoms with Crippen LogP contribution in [0.1, 0.15) is 30.2 Å². The summed E-state index contributed by atoms with van der Waals surface area (Å²) in [5.41, 5.74) is -0.757. The molecule has 3 aromatic carbocycles. The van der Waals surface area contributed by atoms with Crippen LogP contribution in [0.5, 0.6) is 5.75 Å². The fraction of sp³-hybridized carbons (Fsp3) is 0.214. The Morgan fingerprint density at radius 3 is 2.84 bits per heavy atom. The zero-order chi connectivity index (χ0) is 27.0. The van der Waals surface area contributed by atoms with Crippen molar-refractivity contribution in [1.29, 1.82) is 5.26 Å². The molecule has 3 N–H and O–H groups in total. The number of fused-ring (bicyclic) bond motifs is 1. The number of imidazole rings is 1. The summed E-state index contributed by atoms with van der Waals surface area (Å²) < 4.78 is 15.6. The number of nitriles is 1. The minimum atomic E-state index is -1.70. The lowest BCUT2D eigenvalue weighted by atomic mass is 9.92. The van der Waals surface area contributed by atoms with Crippen LogP contribution in [0.25, 0.3) is 10.8 Å². The zero-order valence-electron chi connectivity index (χ0n) is 20.4. The van der Waals surface area contributed by atoms with Gasteiger partial charge in [-0.15, -0.1) is 0 Å². The van der Waals surface area contributed by atoms with Crippen molar-refractivity contribution in [2.75, 3.05) is 11.4 Å². The van der Waals surface area contributed by atoms with E-state index < -0.39 is 23.4 Å². The molecule has 1 fully saturated rings. The van der Waals surface area contributed by atoms with E-state index in [1.807, 2.05) is 12.1 Å². The molecular weight excluding hydrogens is 489 g/mol. The number of hydrogen-bond donors (Lipinski definition) is 3. The second-order valence-electron chi connectivity index (χ2n) is 9.37. The number of phenolic OH excluding ortho intramolecular Hbond substituents is 1. The second-order valence-corrected chi connectivity index (χ2v) is 9.37. The van der Waals surface area contributed by atoms with Crippen molar-refractivity contribution in [2.24, 2.45) is 0 Å². The molecule has 1 aliphatic rings. The van der Waals surface area contributed by atoms with Crippen molar-refractivity contribution in [3.8, 4) is 11.8 Å². The average molecular weight is 514 g/mol. The highest BCUT2D eigenvalue weighted by atomic mass is 19.1. The summed E-state index contributed by atoms with van der Waals surface area (Å²) >= 11 is 0. The summed E-state index contributed by atoms with van der Waals surface area (Å²) in [6.07, 6.45) is 3.15. The maximum absolute atomic E-state index is 14.2. The number of nitrogens with zero attached hydrogens (tertiary/aromatic N) is 4. The minimum Gasteiger partial charge on any atom is -0.508 e. The standard InChI is InChI=1S/C28H24FN5O4/c1-28(38,19-7-5-18(13-30)22(29)11-19)25-14-31-16-33(25)15-26(36)32-23-9-10-34(27(23)37)24-4-2-3-17-6-8-20(35)12-21(17)24/h2-8,11-12,14,16,23,35,38H,9-10,15H2,1H3,(H,32,36). The summed E-state index contributed by atoms with van der Waals surface area (Å²) in [4.78, 5) is 31.8. The summed E-state index contributed by atoms with van der Waals surface area (Å²) in [5, 5.41) is 34.5. The quantitative estimate of drug-likeness (QED) is 0.363. The van der Waals surface area contributed by atoms with Gasteiger partial charge in [0.05, 0.1) is 29.5 Å². The Morgan fingerprint density at radius 1 is 1.26 bits per heavy atom.